The van der Waals surface area contributed by atoms with E-state index in [0.29, 0.717) is 23.1 Å². The Morgan fingerprint density at radius 2 is 2.25 bits per heavy atom. The SMILES string of the molecule is O=C(O)CC1CCCN1C(=O)Nc1cc(F)ccc1Br. The lowest BCUT2D eigenvalue weighted by Gasteiger charge is -2.24. The van der Waals surface area contributed by atoms with Crippen molar-refractivity contribution in [2.75, 3.05) is 11.9 Å². The van der Waals surface area contributed by atoms with Gasteiger partial charge in [0.25, 0.3) is 0 Å². The Balaban J connectivity index is 2.07. The van der Waals surface area contributed by atoms with E-state index in [1.54, 1.807) is 0 Å². The molecule has 1 aromatic carbocycles. The summed E-state index contributed by atoms with van der Waals surface area (Å²) in [4.78, 5) is 24.4. The Morgan fingerprint density at radius 3 is 2.95 bits per heavy atom. The van der Waals surface area contributed by atoms with Crippen molar-refractivity contribution >= 4 is 33.6 Å². The number of rotatable bonds is 3. The summed E-state index contributed by atoms with van der Waals surface area (Å²) in [5.74, 6) is -1.38. The van der Waals surface area contributed by atoms with Crippen molar-refractivity contribution in [2.45, 2.75) is 25.3 Å². The molecule has 2 rings (SSSR count). The highest BCUT2D eigenvalue weighted by atomic mass is 79.9. The monoisotopic (exact) mass is 344 g/mol. The number of anilines is 1. The maximum Gasteiger partial charge on any atom is 0.322 e. The Bertz CT molecular complexity index is 538. The molecular weight excluding hydrogens is 331 g/mol. The van der Waals surface area contributed by atoms with Crippen LogP contribution in [0.4, 0.5) is 14.9 Å². The summed E-state index contributed by atoms with van der Waals surface area (Å²) < 4.78 is 13.7. The molecule has 0 aliphatic carbocycles. The van der Waals surface area contributed by atoms with E-state index in [-0.39, 0.29) is 12.5 Å². The van der Waals surface area contributed by atoms with Gasteiger partial charge in [-0.05, 0) is 47.0 Å². The third-order valence-electron chi connectivity index (χ3n) is 3.22. The lowest BCUT2D eigenvalue weighted by Crippen LogP contribution is -2.39. The lowest BCUT2D eigenvalue weighted by molar-refractivity contribution is -0.137. The Kier molecular flexibility index (Phi) is 4.59. The number of benzene rings is 1. The predicted molar refractivity (Wildman–Crippen MR) is 75.1 cm³/mol. The molecule has 1 saturated heterocycles. The van der Waals surface area contributed by atoms with Gasteiger partial charge in [-0.3, -0.25) is 4.79 Å². The van der Waals surface area contributed by atoms with Crippen molar-refractivity contribution in [3.63, 3.8) is 0 Å². The number of carboxylic acids is 1. The zero-order valence-electron chi connectivity index (χ0n) is 10.6. The summed E-state index contributed by atoms with van der Waals surface area (Å²) in [5, 5.41) is 11.4. The summed E-state index contributed by atoms with van der Waals surface area (Å²) >= 11 is 3.23. The van der Waals surface area contributed by atoms with Gasteiger partial charge in [0, 0.05) is 17.1 Å². The smallest absolute Gasteiger partial charge is 0.322 e. The molecule has 0 bridgehead atoms. The maximum atomic E-state index is 13.2. The van der Waals surface area contributed by atoms with E-state index in [4.69, 9.17) is 5.11 Å². The van der Waals surface area contributed by atoms with Gasteiger partial charge in [-0.15, -0.1) is 0 Å². The first-order valence-corrected chi connectivity index (χ1v) is 7.01. The van der Waals surface area contributed by atoms with E-state index in [0.717, 1.165) is 6.42 Å². The first-order valence-electron chi connectivity index (χ1n) is 6.22. The summed E-state index contributed by atoms with van der Waals surface area (Å²) in [6, 6.07) is 3.29. The number of aliphatic carboxylic acids is 1. The van der Waals surface area contributed by atoms with Crippen LogP contribution in [-0.4, -0.2) is 34.6 Å². The number of nitrogens with one attached hydrogen (secondary N) is 1. The van der Waals surface area contributed by atoms with Gasteiger partial charge in [0.1, 0.15) is 5.82 Å². The minimum Gasteiger partial charge on any atom is -0.481 e. The van der Waals surface area contributed by atoms with Crippen LogP contribution in [0.25, 0.3) is 0 Å². The van der Waals surface area contributed by atoms with Gasteiger partial charge >= 0.3 is 12.0 Å². The van der Waals surface area contributed by atoms with Gasteiger partial charge in [0.2, 0.25) is 0 Å². The minimum absolute atomic E-state index is 0.0717. The van der Waals surface area contributed by atoms with Crippen LogP contribution >= 0.6 is 15.9 Å². The van der Waals surface area contributed by atoms with E-state index in [1.807, 2.05) is 0 Å². The van der Waals surface area contributed by atoms with Crippen LogP contribution in [0, 0.1) is 5.82 Å². The second-order valence-electron chi connectivity index (χ2n) is 4.64. The van der Waals surface area contributed by atoms with Gasteiger partial charge in [0.15, 0.2) is 0 Å². The molecule has 7 heteroatoms. The van der Waals surface area contributed by atoms with Gasteiger partial charge < -0.3 is 15.3 Å². The Labute approximate surface area is 123 Å². The highest BCUT2D eigenvalue weighted by Crippen LogP contribution is 2.26. The quantitative estimate of drug-likeness (QED) is 0.885. The number of carbonyl (C=O) groups excluding carboxylic acids is 1. The van der Waals surface area contributed by atoms with Crippen LogP contribution in [0.2, 0.25) is 0 Å². The number of amides is 2. The van der Waals surface area contributed by atoms with Crippen LogP contribution in [0.15, 0.2) is 22.7 Å². The summed E-state index contributed by atoms with van der Waals surface area (Å²) in [6.45, 7) is 0.511. The molecule has 5 nitrogen and oxygen atoms in total. The molecule has 1 fully saturated rings. The molecular formula is C13H14BrFN2O3. The Hall–Kier alpha value is -1.63. The number of halogens is 2. The molecule has 2 amide bonds. The van der Waals surface area contributed by atoms with Crippen LogP contribution in [-0.2, 0) is 4.79 Å². The van der Waals surface area contributed by atoms with Crippen LogP contribution in [0.5, 0.6) is 0 Å². The van der Waals surface area contributed by atoms with Crippen molar-refractivity contribution < 1.29 is 19.1 Å². The molecule has 1 heterocycles. The topological polar surface area (TPSA) is 69.6 Å². The highest BCUT2D eigenvalue weighted by molar-refractivity contribution is 9.10. The average Bonchev–Trinajstić information content (AvgIpc) is 2.81. The lowest BCUT2D eigenvalue weighted by atomic mass is 10.1. The number of nitrogens with zero attached hydrogens (tertiary/aromatic N) is 1. The molecule has 0 radical (unpaired) electrons. The number of urea groups is 1. The third kappa shape index (κ3) is 3.47. The van der Waals surface area contributed by atoms with Crippen molar-refractivity contribution in [1.29, 1.82) is 0 Å². The molecule has 108 valence electrons. The third-order valence-corrected chi connectivity index (χ3v) is 3.91. The van der Waals surface area contributed by atoms with Crippen LogP contribution in [0.1, 0.15) is 19.3 Å². The van der Waals surface area contributed by atoms with Gasteiger partial charge in [-0.2, -0.15) is 0 Å². The molecule has 0 spiro atoms. The van der Waals surface area contributed by atoms with Crippen LogP contribution in [0.3, 0.4) is 0 Å². The summed E-state index contributed by atoms with van der Waals surface area (Å²) in [5.41, 5.74) is 0.330. The second kappa shape index (κ2) is 6.21. The fourth-order valence-corrected chi connectivity index (χ4v) is 2.64. The number of hydrogen-bond acceptors (Lipinski definition) is 2. The zero-order chi connectivity index (χ0) is 14.7. The molecule has 20 heavy (non-hydrogen) atoms. The molecule has 1 aliphatic rings. The molecule has 1 atom stereocenters. The van der Waals surface area contributed by atoms with Crippen molar-refractivity contribution in [3.05, 3.63) is 28.5 Å². The predicted octanol–water partition coefficient (Wildman–Crippen LogP) is 3.06. The van der Waals surface area contributed by atoms with Gasteiger partial charge in [0.05, 0.1) is 12.1 Å². The summed E-state index contributed by atoms with van der Waals surface area (Å²) in [6.07, 6.45) is 1.37. The van der Waals surface area contributed by atoms with E-state index in [2.05, 4.69) is 21.2 Å². The fourth-order valence-electron chi connectivity index (χ4n) is 2.30. The standard InChI is InChI=1S/C13H14BrFN2O3/c14-10-4-3-8(15)6-11(10)16-13(20)17-5-1-2-9(17)7-12(18)19/h3-4,6,9H,1-2,5,7H2,(H,16,20)(H,18,19). The fraction of sp³-hybridized carbons (Fsp3) is 0.385. The molecule has 0 aromatic heterocycles. The first-order chi connectivity index (χ1) is 9.47. The van der Waals surface area contributed by atoms with E-state index < -0.39 is 17.8 Å². The van der Waals surface area contributed by atoms with Crippen molar-refractivity contribution in [1.82, 2.24) is 4.90 Å². The minimum atomic E-state index is -0.929. The van der Waals surface area contributed by atoms with E-state index in [1.165, 1.54) is 23.1 Å². The largest absolute Gasteiger partial charge is 0.481 e. The average molecular weight is 345 g/mol. The zero-order valence-corrected chi connectivity index (χ0v) is 12.2. The first kappa shape index (κ1) is 14.8. The number of carboxylic acid groups (broad SMARTS) is 1. The van der Waals surface area contributed by atoms with E-state index in [9.17, 15) is 14.0 Å². The highest BCUT2D eigenvalue weighted by Gasteiger charge is 2.30. The molecule has 0 saturated carbocycles. The number of likely N-dealkylation sites (tertiary alicyclic amines) is 1. The number of hydrogen-bond donors (Lipinski definition) is 2. The number of carbonyl (C=O) groups is 2. The second-order valence-corrected chi connectivity index (χ2v) is 5.50. The molecule has 1 aromatic rings. The Morgan fingerprint density at radius 1 is 1.50 bits per heavy atom. The van der Waals surface area contributed by atoms with E-state index >= 15 is 0 Å². The summed E-state index contributed by atoms with van der Waals surface area (Å²) in [7, 11) is 0. The molecule has 2 N–H and O–H groups in total. The van der Waals surface area contributed by atoms with Gasteiger partial charge in [-0.25, -0.2) is 9.18 Å². The van der Waals surface area contributed by atoms with Gasteiger partial charge in [-0.1, -0.05) is 0 Å². The van der Waals surface area contributed by atoms with Crippen molar-refractivity contribution in [3.8, 4) is 0 Å². The van der Waals surface area contributed by atoms with Crippen LogP contribution < -0.4 is 5.32 Å². The van der Waals surface area contributed by atoms with Crippen molar-refractivity contribution in [2.24, 2.45) is 0 Å². The maximum absolute atomic E-state index is 13.2. The molecule has 1 unspecified atom stereocenters. The normalized spacial score (nSPS) is 18.1. The molecule has 1 aliphatic heterocycles.